The minimum absolute atomic E-state index is 0.0794. The molecule has 0 radical (unpaired) electrons. The molecule has 0 bridgehead atoms. The van der Waals surface area contributed by atoms with Gasteiger partial charge in [-0.05, 0) is 42.5 Å². The molecule has 6 aromatic rings. The largest absolute Gasteiger partial charge is 0.507 e. The van der Waals surface area contributed by atoms with Crippen LogP contribution in [0, 0.1) is 0 Å². The molecule has 182 valence electrons. The summed E-state index contributed by atoms with van der Waals surface area (Å²) in [6, 6.07) is 19.7. The van der Waals surface area contributed by atoms with E-state index in [1.165, 1.54) is 23.0 Å². The third-order valence-corrected chi connectivity index (χ3v) is 6.33. The minimum atomic E-state index is -1.38. The van der Waals surface area contributed by atoms with E-state index in [9.17, 15) is 19.8 Å². The van der Waals surface area contributed by atoms with Crippen molar-refractivity contribution in [3.63, 3.8) is 0 Å². The highest BCUT2D eigenvalue weighted by molar-refractivity contribution is 6.30. The van der Waals surface area contributed by atoms with Crippen molar-refractivity contribution in [2.45, 2.75) is 5.92 Å². The predicted molar refractivity (Wildman–Crippen MR) is 136 cm³/mol. The van der Waals surface area contributed by atoms with Crippen LogP contribution in [-0.2, 0) is 0 Å². The maximum absolute atomic E-state index is 13.2. The Morgan fingerprint density at radius 3 is 1.92 bits per heavy atom. The van der Waals surface area contributed by atoms with Crippen molar-refractivity contribution in [2.75, 3.05) is 0 Å². The molecule has 0 aliphatic heterocycles. The third-order valence-electron chi connectivity index (χ3n) is 6.10. The smallest absolute Gasteiger partial charge is 0.344 e. The second-order valence-electron chi connectivity index (χ2n) is 8.30. The van der Waals surface area contributed by atoms with Crippen LogP contribution in [0.15, 0.2) is 97.4 Å². The van der Waals surface area contributed by atoms with Crippen molar-refractivity contribution < 1.29 is 19.0 Å². The SMILES string of the molecule is O=c1oc2ccccc2c(O)c1C(c1cn(-c2cccc(Cl)c2)nn1)c1c(O)c2ccccc2oc1=O. The molecule has 0 atom stereocenters. The lowest BCUT2D eigenvalue weighted by Gasteiger charge is -2.17. The number of nitrogens with zero attached hydrogens (tertiary/aromatic N) is 3. The standard InChI is InChI=1S/C27H16ClN3O6/c28-14-6-5-7-15(12-14)31-13-18(29-30-31)21(22-24(32)16-8-1-3-10-19(16)36-26(22)34)23-25(33)17-9-2-4-11-20(17)37-27(23)35/h1-13,21,32-33H. The summed E-state index contributed by atoms with van der Waals surface area (Å²) in [4.78, 5) is 26.5. The minimum Gasteiger partial charge on any atom is -0.507 e. The summed E-state index contributed by atoms with van der Waals surface area (Å²) in [7, 11) is 0. The Kier molecular flexibility index (Phi) is 5.27. The fraction of sp³-hybridized carbons (Fsp3) is 0.0370. The summed E-state index contributed by atoms with van der Waals surface area (Å²) in [6.45, 7) is 0. The van der Waals surface area contributed by atoms with Crippen LogP contribution < -0.4 is 11.3 Å². The Labute approximate surface area is 212 Å². The first kappa shape index (κ1) is 22.6. The van der Waals surface area contributed by atoms with E-state index in [0.29, 0.717) is 10.7 Å². The zero-order chi connectivity index (χ0) is 25.7. The number of hydrogen-bond donors (Lipinski definition) is 2. The van der Waals surface area contributed by atoms with E-state index in [1.54, 1.807) is 60.7 Å². The molecular formula is C27H16ClN3O6. The van der Waals surface area contributed by atoms with Crippen LogP contribution >= 0.6 is 11.6 Å². The van der Waals surface area contributed by atoms with Crippen LogP contribution in [-0.4, -0.2) is 25.2 Å². The normalized spacial score (nSPS) is 11.5. The average molecular weight is 514 g/mol. The van der Waals surface area contributed by atoms with Gasteiger partial charge in [0.2, 0.25) is 0 Å². The fourth-order valence-electron chi connectivity index (χ4n) is 4.40. The summed E-state index contributed by atoms with van der Waals surface area (Å²) < 4.78 is 12.3. The van der Waals surface area contributed by atoms with Crippen LogP contribution in [0.3, 0.4) is 0 Å². The summed E-state index contributed by atoms with van der Waals surface area (Å²) in [6.07, 6.45) is 1.47. The summed E-state index contributed by atoms with van der Waals surface area (Å²) in [5.74, 6) is -2.21. The van der Waals surface area contributed by atoms with E-state index in [0.717, 1.165) is 0 Å². The monoisotopic (exact) mass is 513 g/mol. The number of aromatic nitrogens is 3. The number of aromatic hydroxyl groups is 2. The van der Waals surface area contributed by atoms with Gasteiger partial charge in [-0.1, -0.05) is 47.1 Å². The molecule has 0 saturated heterocycles. The Hall–Kier alpha value is -4.89. The van der Waals surface area contributed by atoms with Gasteiger partial charge < -0.3 is 19.0 Å². The highest BCUT2D eigenvalue weighted by atomic mass is 35.5. The van der Waals surface area contributed by atoms with Crippen molar-refractivity contribution in [1.82, 2.24) is 15.0 Å². The number of para-hydroxylation sites is 2. The molecule has 0 unspecified atom stereocenters. The number of fused-ring (bicyclic) bond motifs is 2. The van der Waals surface area contributed by atoms with E-state index >= 15 is 0 Å². The van der Waals surface area contributed by atoms with Gasteiger partial charge in [-0.25, -0.2) is 14.3 Å². The van der Waals surface area contributed by atoms with Gasteiger partial charge in [0.15, 0.2) is 0 Å². The van der Waals surface area contributed by atoms with Crippen molar-refractivity contribution in [3.05, 3.63) is 122 Å². The number of rotatable bonds is 4. The second kappa shape index (κ2) is 8.65. The lowest BCUT2D eigenvalue weighted by atomic mass is 9.88. The lowest BCUT2D eigenvalue weighted by molar-refractivity contribution is 0.440. The van der Waals surface area contributed by atoms with Crippen molar-refractivity contribution >= 4 is 33.5 Å². The van der Waals surface area contributed by atoms with Gasteiger partial charge >= 0.3 is 11.3 Å². The molecule has 3 aromatic heterocycles. The molecule has 0 aliphatic carbocycles. The molecule has 37 heavy (non-hydrogen) atoms. The maximum atomic E-state index is 13.2. The van der Waals surface area contributed by atoms with E-state index in [-0.39, 0.29) is 38.8 Å². The number of hydrogen-bond acceptors (Lipinski definition) is 8. The van der Waals surface area contributed by atoms with Gasteiger partial charge in [-0.15, -0.1) is 5.10 Å². The average Bonchev–Trinajstić information content (AvgIpc) is 3.38. The van der Waals surface area contributed by atoms with E-state index in [1.807, 2.05) is 0 Å². The molecule has 9 nitrogen and oxygen atoms in total. The van der Waals surface area contributed by atoms with Crippen molar-refractivity contribution in [2.24, 2.45) is 0 Å². The molecule has 0 amide bonds. The number of benzene rings is 3. The lowest BCUT2D eigenvalue weighted by Crippen LogP contribution is -2.21. The number of halogens is 1. The van der Waals surface area contributed by atoms with E-state index in [2.05, 4.69) is 10.3 Å². The summed E-state index contributed by atoms with van der Waals surface area (Å²) >= 11 is 6.11. The van der Waals surface area contributed by atoms with Crippen LogP contribution in [0.2, 0.25) is 5.02 Å². The Balaban J connectivity index is 1.67. The van der Waals surface area contributed by atoms with Crippen LogP contribution in [0.25, 0.3) is 27.6 Å². The molecule has 0 aliphatic rings. The van der Waals surface area contributed by atoms with Crippen molar-refractivity contribution in [3.8, 4) is 17.2 Å². The van der Waals surface area contributed by atoms with Gasteiger partial charge in [-0.3, -0.25) is 0 Å². The quantitative estimate of drug-likeness (QED) is 0.323. The van der Waals surface area contributed by atoms with Gasteiger partial charge in [0.25, 0.3) is 0 Å². The first-order valence-corrected chi connectivity index (χ1v) is 11.5. The zero-order valence-corrected chi connectivity index (χ0v) is 19.6. The zero-order valence-electron chi connectivity index (χ0n) is 18.8. The fourth-order valence-corrected chi connectivity index (χ4v) is 4.58. The van der Waals surface area contributed by atoms with E-state index in [4.69, 9.17) is 20.4 Å². The van der Waals surface area contributed by atoms with E-state index < -0.39 is 28.7 Å². The second-order valence-corrected chi connectivity index (χ2v) is 8.73. The van der Waals surface area contributed by atoms with Gasteiger partial charge in [0.05, 0.1) is 45.4 Å². The van der Waals surface area contributed by atoms with Crippen LogP contribution in [0.1, 0.15) is 22.7 Å². The molecular weight excluding hydrogens is 498 g/mol. The Morgan fingerprint density at radius 1 is 0.784 bits per heavy atom. The molecule has 3 aromatic carbocycles. The molecule has 0 fully saturated rings. The topological polar surface area (TPSA) is 132 Å². The Bertz CT molecular complexity index is 1840. The van der Waals surface area contributed by atoms with Crippen LogP contribution in [0.4, 0.5) is 0 Å². The van der Waals surface area contributed by atoms with Crippen molar-refractivity contribution in [1.29, 1.82) is 0 Å². The highest BCUT2D eigenvalue weighted by Crippen LogP contribution is 2.41. The first-order valence-electron chi connectivity index (χ1n) is 11.1. The Morgan fingerprint density at radius 2 is 1.35 bits per heavy atom. The third kappa shape index (κ3) is 3.73. The molecule has 10 heteroatoms. The van der Waals surface area contributed by atoms with Gasteiger partial charge in [-0.2, -0.15) is 0 Å². The molecule has 6 rings (SSSR count). The van der Waals surface area contributed by atoms with Crippen LogP contribution in [0.5, 0.6) is 11.5 Å². The van der Waals surface area contributed by atoms with Gasteiger partial charge in [0.1, 0.15) is 22.7 Å². The maximum Gasteiger partial charge on any atom is 0.344 e. The summed E-state index contributed by atoms with van der Waals surface area (Å²) in [5, 5.41) is 31.7. The molecule has 0 saturated carbocycles. The molecule has 0 spiro atoms. The molecule has 2 N–H and O–H groups in total. The predicted octanol–water partition coefficient (Wildman–Crippen LogP) is 4.72. The first-order chi connectivity index (χ1) is 17.9. The van der Waals surface area contributed by atoms with Gasteiger partial charge in [0, 0.05) is 5.02 Å². The highest BCUT2D eigenvalue weighted by Gasteiger charge is 2.34. The summed E-state index contributed by atoms with van der Waals surface area (Å²) in [5.41, 5.74) is -1.46. The molecule has 3 heterocycles.